The topological polar surface area (TPSA) is 75.4 Å². The van der Waals surface area contributed by atoms with Gasteiger partial charge in [-0.25, -0.2) is 13.4 Å². The molecular weight excluding hydrogens is 290 g/mol. The van der Waals surface area contributed by atoms with Crippen LogP contribution in [0.15, 0.2) is 11.2 Å². The summed E-state index contributed by atoms with van der Waals surface area (Å²) in [6, 6.07) is 0. The molecule has 1 N–H and O–H groups in total. The van der Waals surface area contributed by atoms with E-state index < -0.39 is 10.0 Å². The fourth-order valence-electron chi connectivity index (χ4n) is 3.60. The Morgan fingerprint density at radius 2 is 2.14 bits per heavy atom. The smallest absolute Gasteiger partial charge is 0.262 e. The first-order valence-corrected chi connectivity index (χ1v) is 9.09. The zero-order valence-corrected chi connectivity index (χ0v) is 13.4. The van der Waals surface area contributed by atoms with Crippen LogP contribution in [0.2, 0.25) is 0 Å². The Bertz CT molecular complexity index is 625. The van der Waals surface area contributed by atoms with Crippen molar-refractivity contribution in [1.82, 2.24) is 13.9 Å². The molecule has 2 aliphatic rings. The van der Waals surface area contributed by atoms with Crippen molar-refractivity contribution in [3.05, 3.63) is 12.0 Å². The van der Waals surface area contributed by atoms with Crippen LogP contribution < -0.4 is 0 Å². The van der Waals surface area contributed by atoms with Gasteiger partial charge in [0.1, 0.15) is 5.82 Å². The molecule has 21 heavy (non-hydrogen) atoms. The van der Waals surface area contributed by atoms with Crippen LogP contribution in [0.1, 0.15) is 32.0 Å². The van der Waals surface area contributed by atoms with Gasteiger partial charge in [0.15, 0.2) is 5.03 Å². The van der Waals surface area contributed by atoms with Gasteiger partial charge in [-0.1, -0.05) is 6.92 Å². The molecule has 0 amide bonds. The molecule has 6 nitrogen and oxygen atoms in total. The summed E-state index contributed by atoms with van der Waals surface area (Å²) in [5.41, 5.74) is 0. The summed E-state index contributed by atoms with van der Waals surface area (Å²) >= 11 is 0. The number of nitrogens with zero attached hydrogens (tertiary/aromatic N) is 3. The molecular formula is C14H23N3O3S. The molecule has 0 spiro atoms. The predicted octanol–water partition coefficient (Wildman–Crippen LogP) is 0.993. The number of imidazole rings is 1. The number of rotatable bonds is 4. The van der Waals surface area contributed by atoms with Gasteiger partial charge in [0.05, 0.1) is 6.10 Å². The zero-order valence-electron chi connectivity index (χ0n) is 12.6. The molecule has 118 valence electrons. The van der Waals surface area contributed by atoms with E-state index in [0.717, 1.165) is 31.6 Å². The molecule has 0 bridgehead atoms. The molecule has 1 aliphatic carbocycles. The van der Waals surface area contributed by atoms with Gasteiger partial charge in [-0.05, 0) is 32.1 Å². The molecule has 2 fully saturated rings. The fraction of sp³-hybridized carbons (Fsp3) is 0.786. The fourth-order valence-corrected chi connectivity index (χ4v) is 5.12. The van der Waals surface area contributed by atoms with E-state index in [1.165, 1.54) is 4.31 Å². The van der Waals surface area contributed by atoms with Crippen LogP contribution in [0.4, 0.5) is 0 Å². The van der Waals surface area contributed by atoms with Crippen molar-refractivity contribution in [2.75, 3.05) is 13.1 Å². The Balaban J connectivity index is 1.83. The van der Waals surface area contributed by atoms with Gasteiger partial charge >= 0.3 is 0 Å². The van der Waals surface area contributed by atoms with Crippen LogP contribution in [0.5, 0.6) is 0 Å². The highest BCUT2D eigenvalue weighted by Gasteiger charge is 2.46. The summed E-state index contributed by atoms with van der Waals surface area (Å²) in [4.78, 5) is 4.23. The predicted molar refractivity (Wildman–Crippen MR) is 78.2 cm³/mol. The maximum absolute atomic E-state index is 12.7. The third-order valence-corrected chi connectivity index (χ3v) is 6.51. The normalized spacial score (nSPS) is 30.0. The molecule has 1 saturated heterocycles. The Kier molecular flexibility index (Phi) is 3.83. The van der Waals surface area contributed by atoms with Crippen molar-refractivity contribution in [2.24, 2.45) is 11.8 Å². The third-order valence-electron chi connectivity index (χ3n) is 4.81. The highest BCUT2D eigenvalue weighted by Crippen LogP contribution is 2.39. The van der Waals surface area contributed by atoms with E-state index in [1.807, 2.05) is 11.5 Å². The molecule has 3 atom stereocenters. The zero-order chi connectivity index (χ0) is 15.2. The van der Waals surface area contributed by atoms with Gasteiger partial charge in [0, 0.05) is 31.7 Å². The van der Waals surface area contributed by atoms with Crippen molar-refractivity contribution in [2.45, 2.75) is 50.8 Å². The average Bonchev–Trinajstić information content (AvgIpc) is 3.09. The first-order valence-electron chi connectivity index (χ1n) is 7.65. The number of aliphatic hydroxyl groups is 1. The van der Waals surface area contributed by atoms with Crippen LogP contribution in [-0.4, -0.2) is 46.6 Å². The number of aliphatic hydroxyl groups excluding tert-OH is 1. The molecule has 1 saturated carbocycles. The lowest BCUT2D eigenvalue weighted by Gasteiger charge is -2.16. The minimum Gasteiger partial charge on any atom is -0.393 e. The second-order valence-electron chi connectivity index (χ2n) is 6.21. The van der Waals surface area contributed by atoms with Gasteiger partial charge in [-0.3, -0.25) is 0 Å². The monoisotopic (exact) mass is 313 g/mol. The molecule has 3 unspecified atom stereocenters. The first kappa shape index (κ1) is 15.0. The maximum atomic E-state index is 12.7. The number of hydrogen-bond acceptors (Lipinski definition) is 4. The van der Waals surface area contributed by atoms with E-state index in [9.17, 15) is 13.5 Å². The highest BCUT2D eigenvalue weighted by atomic mass is 32.2. The lowest BCUT2D eigenvalue weighted by Crippen LogP contribution is -2.31. The van der Waals surface area contributed by atoms with Gasteiger partial charge in [-0.15, -0.1) is 0 Å². The van der Waals surface area contributed by atoms with E-state index in [0.29, 0.717) is 19.0 Å². The molecule has 2 heterocycles. The largest absolute Gasteiger partial charge is 0.393 e. The number of aryl methyl sites for hydroxylation is 2. The second-order valence-corrected chi connectivity index (χ2v) is 8.10. The van der Waals surface area contributed by atoms with Crippen LogP contribution in [-0.2, 0) is 16.6 Å². The number of aromatic nitrogens is 2. The first-order chi connectivity index (χ1) is 9.93. The summed E-state index contributed by atoms with van der Waals surface area (Å²) in [5, 5.41) is 10.1. The molecule has 7 heteroatoms. The van der Waals surface area contributed by atoms with Crippen molar-refractivity contribution in [3.8, 4) is 0 Å². The molecule has 1 aromatic rings. The van der Waals surface area contributed by atoms with Crippen molar-refractivity contribution >= 4 is 10.0 Å². The van der Waals surface area contributed by atoms with Crippen molar-refractivity contribution < 1.29 is 13.5 Å². The number of hydrogen-bond donors (Lipinski definition) is 1. The Morgan fingerprint density at radius 3 is 2.81 bits per heavy atom. The SMILES string of the molecule is CCCn1cc(S(=O)(=O)N2CC3CCC(O)C3C2)nc1C. The summed E-state index contributed by atoms with van der Waals surface area (Å²) in [6.07, 6.45) is 3.94. The van der Waals surface area contributed by atoms with E-state index in [-0.39, 0.29) is 17.0 Å². The molecule has 0 radical (unpaired) electrons. The van der Waals surface area contributed by atoms with Gasteiger partial charge in [0.2, 0.25) is 0 Å². The van der Waals surface area contributed by atoms with Crippen LogP contribution in [0.25, 0.3) is 0 Å². The standard InChI is InChI=1S/C14H23N3O3S/c1-3-6-16-9-14(15-10(16)2)21(19,20)17-7-11-4-5-13(18)12(11)8-17/h9,11-13,18H,3-8H2,1-2H3. The van der Waals surface area contributed by atoms with Crippen LogP contribution >= 0.6 is 0 Å². The minimum absolute atomic E-state index is 0.0959. The molecule has 0 aromatic carbocycles. The van der Waals surface area contributed by atoms with E-state index >= 15 is 0 Å². The number of sulfonamides is 1. The third kappa shape index (κ3) is 2.51. The van der Waals surface area contributed by atoms with E-state index in [2.05, 4.69) is 11.9 Å². The van der Waals surface area contributed by atoms with Gasteiger partial charge in [-0.2, -0.15) is 4.31 Å². The van der Waals surface area contributed by atoms with Crippen LogP contribution in [0.3, 0.4) is 0 Å². The van der Waals surface area contributed by atoms with Gasteiger partial charge in [0.25, 0.3) is 10.0 Å². The lowest BCUT2D eigenvalue weighted by molar-refractivity contribution is 0.129. The molecule has 1 aromatic heterocycles. The van der Waals surface area contributed by atoms with Crippen LogP contribution in [0, 0.1) is 18.8 Å². The van der Waals surface area contributed by atoms with Crippen molar-refractivity contribution in [3.63, 3.8) is 0 Å². The van der Waals surface area contributed by atoms with Crippen molar-refractivity contribution in [1.29, 1.82) is 0 Å². The Hall–Kier alpha value is -0.920. The summed E-state index contributed by atoms with van der Waals surface area (Å²) in [6.45, 7) is 5.60. The number of fused-ring (bicyclic) bond motifs is 1. The van der Waals surface area contributed by atoms with E-state index in [4.69, 9.17) is 0 Å². The summed E-state index contributed by atoms with van der Waals surface area (Å²) in [7, 11) is -3.53. The van der Waals surface area contributed by atoms with Gasteiger partial charge < -0.3 is 9.67 Å². The maximum Gasteiger partial charge on any atom is 0.262 e. The highest BCUT2D eigenvalue weighted by molar-refractivity contribution is 7.89. The minimum atomic E-state index is -3.53. The second kappa shape index (κ2) is 5.37. The summed E-state index contributed by atoms with van der Waals surface area (Å²) < 4.78 is 28.8. The summed E-state index contributed by atoms with van der Waals surface area (Å²) in [5.74, 6) is 1.13. The lowest BCUT2D eigenvalue weighted by atomic mass is 10.00. The molecule has 3 rings (SSSR count). The Labute approximate surface area is 125 Å². The Morgan fingerprint density at radius 1 is 1.38 bits per heavy atom. The quantitative estimate of drug-likeness (QED) is 0.899. The van der Waals surface area contributed by atoms with E-state index in [1.54, 1.807) is 6.20 Å². The molecule has 1 aliphatic heterocycles. The average molecular weight is 313 g/mol.